The fraction of sp³-hybridized carbons (Fsp3) is 0.125. The second-order valence-electron chi connectivity index (χ2n) is 5.03. The molecule has 0 radical (unpaired) electrons. The molecule has 1 atom stereocenters. The first kappa shape index (κ1) is 15.7. The van der Waals surface area contributed by atoms with E-state index in [4.69, 9.17) is 5.21 Å². The molecule has 1 unspecified atom stereocenters. The standard InChI is InChI=1S/C16H14N2O3S2/c1-9(11-7-13(22-8-11)16(20)18-21)17-15(19)14-6-10-4-2-3-5-12(10)23-14/h2-9,21H,1H3,(H,17,19)(H,18,20). The summed E-state index contributed by atoms with van der Waals surface area (Å²) in [5, 5.41) is 14.4. The first-order chi connectivity index (χ1) is 11.1. The van der Waals surface area contributed by atoms with Gasteiger partial charge in [-0.05, 0) is 41.5 Å². The number of hydrogen-bond donors (Lipinski definition) is 3. The summed E-state index contributed by atoms with van der Waals surface area (Å²) in [6.07, 6.45) is 0. The molecule has 23 heavy (non-hydrogen) atoms. The van der Waals surface area contributed by atoms with Crippen LogP contribution in [0.15, 0.2) is 41.8 Å². The molecule has 5 nitrogen and oxygen atoms in total. The summed E-state index contributed by atoms with van der Waals surface area (Å²) < 4.78 is 1.07. The van der Waals surface area contributed by atoms with Crippen LogP contribution >= 0.6 is 22.7 Å². The summed E-state index contributed by atoms with van der Waals surface area (Å²) in [4.78, 5) is 24.8. The van der Waals surface area contributed by atoms with E-state index in [0.29, 0.717) is 9.75 Å². The van der Waals surface area contributed by atoms with Crippen molar-refractivity contribution in [2.45, 2.75) is 13.0 Å². The Hall–Kier alpha value is -2.22. The Kier molecular flexibility index (Phi) is 4.42. The molecule has 2 heterocycles. The van der Waals surface area contributed by atoms with E-state index in [9.17, 15) is 9.59 Å². The number of fused-ring (bicyclic) bond motifs is 1. The highest BCUT2D eigenvalue weighted by molar-refractivity contribution is 7.20. The van der Waals surface area contributed by atoms with Gasteiger partial charge in [-0.3, -0.25) is 14.8 Å². The van der Waals surface area contributed by atoms with Crippen LogP contribution in [-0.2, 0) is 0 Å². The average Bonchev–Trinajstić information content (AvgIpc) is 3.20. The van der Waals surface area contributed by atoms with Crippen LogP contribution in [0.5, 0.6) is 0 Å². The molecular weight excluding hydrogens is 332 g/mol. The minimum absolute atomic E-state index is 0.141. The Morgan fingerprint density at radius 2 is 1.91 bits per heavy atom. The lowest BCUT2D eigenvalue weighted by molar-refractivity contribution is 0.0711. The Morgan fingerprint density at radius 1 is 1.13 bits per heavy atom. The molecule has 0 aliphatic heterocycles. The first-order valence-corrected chi connectivity index (χ1v) is 8.60. The van der Waals surface area contributed by atoms with E-state index in [1.807, 2.05) is 37.3 Å². The van der Waals surface area contributed by atoms with Crippen molar-refractivity contribution in [1.82, 2.24) is 10.8 Å². The molecule has 0 aliphatic rings. The van der Waals surface area contributed by atoms with Crippen molar-refractivity contribution in [3.8, 4) is 0 Å². The molecule has 1 aromatic carbocycles. The summed E-state index contributed by atoms with van der Waals surface area (Å²) in [6, 6.07) is 11.2. The molecule has 7 heteroatoms. The van der Waals surface area contributed by atoms with Gasteiger partial charge in [-0.25, -0.2) is 5.48 Å². The van der Waals surface area contributed by atoms with Gasteiger partial charge in [0.05, 0.1) is 15.8 Å². The van der Waals surface area contributed by atoms with Crippen LogP contribution in [0.1, 0.15) is 37.9 Å². The van der Waals surface area contributed by atoms with Gasteiger partial charge in [-0.1, -0.05) is 18.2 Å². The minimum Gasteiger partial charge on any atom is -0.345 e. The molecule has 0 bridgehead atoms. The third-order valence-corrected chi connectivity index (χ3v) is 5.50. The molecule has 0 saturated carbocycles. The van der Waals surface area contributed by atoms with Gasteiger partial charge in [0, 0.05) is 4.70 Å². The smallest absolute Gasteiger partial charge is 0.284 e. The molecule has 0 spiro atoms. The van der Waals surface area contributed by atoms with Crippen LogP contribution in [0.4, 0.5) is 0 Å². The Balaban J connectivity index is 1.74. The number of hydroxylamine groups is 1. The molecule has 0 fully saturated rings. The zero-order valence-electron chi connectivity index (χ0n) is 12.2. The summed E-state index contributed by atoms with van der Waals surface area (Å²) in [6.45, 7) is 1.86. The molecule has 3 N–H and O–H groups in total. The highest BCUT2D eigenvalue weighted by atomic mass is 32.1. The third kappa shape index (κ3) is 3.26. The highest BCUT2D eigenvalue weighted by Gasteiger charge is 2.16. The first-order valence-electron chi connectivity index (χ1n) is 6.91. The molecule has 0 saturated heterocycles. The van der Waals surface area contributed by atoms with Crippen molar-refractivity contribution < 1.29 is 14.8 Å². The van der Waals surface area contributed by atoms with Gasteiger partial charge >= 0.3 is 0 Å². The summed E-state index contributed by atoms with van der Waals surface area (Å²) in [7, 11) is 0. The van der Waals surface area contributed by atoms with Crippen molar-refractivity contribution in [1.29, 1.82) is 0 Å². The van der Waals surface area contributed by atoms with Crippen LogP contribution in [-0.4, -0.2) is 17.0 Å². The average molecular weight is 346 g/mol. The van der Waals surface area contributed by atoms with E-state index in [2.05, 4.69) is 5.32 Å². The van der Waals surface area contributed by atoms with Gasteiger partial charge in [0.25, 0.3) is 11.8 Å². The molecule has 3 aromatic rings. The number of carbonyl (C=O) groups excluding carboxylic acids is 2. The SMILES string of the molecule is CC(NC(=O)c1cc2ccccc2s1)c1csc(C(=O)NO)c1. The van der Waals surface area contributed by atoms with Crippen LogP contribution in [0.2, 0.25) is 0 Å². The molecule has 2 aromatic heterocycles. The monoisotopic (exact) mass is 346 g/mol. The number of rotatable bonds is 4. The van der Waals surface area contributed by atoms with Gasteiger partial charge in [-0.2, -0.15) is 0 Å². The van der Waals surface area contributed by atoms with E-state index in [-0.39, 0.29) is 11.9 Å². The van der Waals surface area contributed by atoms with E-state index in [1.165, 1.54) is 22.7 Å². The van der Waals surface area contributed by atoms with Crippen LogP contribution in [0.25, 0.3) is 10.1 Å². The molecule has 118 valence electrons. The summed E-state index contributed by atoms with van der Waals surface area (Å²) >= 11 is 2.67. The zero-order valence-corrected chi connectivity index (χ0v) is 13.8. The van der Waals surface area contributed by atoms with Crippen molar-refractivity contribution in [2.24, 2.45) is 0 Å². The van der Waals surface area contributed by atoms with Crippen molar-refractivity contribution in [3.63, 3.8) is 0 Å². The van der Waals surface area contributed by atoms with Gasteiger partial charge in [0.1, 0.15) is 0 Å². The number of benzene rings is 1. The number of amides is 2. The Morgan fingerprint density at radius 3 is 2.65 bits per heavy atom. The minimum atomic E-state index is -0.552. The van der Waals surface area contributed by atoms with Gasteiger partial charge in [0.2, 0.25) is 0 Å². The maximum absolute atomic E-state index is 12.4. The van der Waals surface area contributed by atoms with Gasteiger partial charge in [0.15, 0.2) is 0 Å². The zero-order chi connectivity index (χ0) is 16.4. The van der Waals surface area contributed by atoms with Crippen LogP contribution in [0, 0.1) is 0 Å². The molecular formula is C16H14N2O3S2. The third-order valence-electron chi connectivity index (χ3n) is 3.44. The lowest BCUT2D eigenvalue weighted by Crippen LogP contribution is -2.25. The summed E-state index contributed by atoms with van der Waals surface area (Å²) in [5.74, 6) is -0.692. The van der Waals surface area contributed by atoms with Crippen LogP contribution < -0.4 is 10.8 Å². The predicted octanol–water partition coefficient (Wildman–Crippen LogP) is 3.57. The van der Waals surface area contributed by atoms with Gasteiger partial charge in [-0.15, -0.1) is 22.7 Å². The normalized spacial score (nSPS) is 12.1. The van der Waals surface area contributed by atoms with E-state index < -0.39 is 5.91 Å². The lowest BCUT2D eigenvalue weighted by atomic mass is 10.1. The lowest BCUT2D eigenvalue weighted by Gasteiger charge is -2.11. The predicted molar refractivity (Wildman–Crippen MR) is 91.3 cm³/mol. The fourth-order valence-corrected chi connectivity index (χ4v) is 4.05. The molecule has 3 rings (SSSR count). The Bertz CT molecular complexity index is 836. The van der Waals surface area contributed by atoms with E-state index in [0.717, 1.165) is 15.6 Å². The molecule has 0 aliphatic carbocycles. The Labute approximate surface area is 140 Å². The summed E-state index contributed by atoms with van der Waals surface area (Å²) in [5.41, 5.74) is 2.42. The number of hydrogen-bond acceptors (Lipinski definition) is 5. The second kappa shape index (κ2) is 6.49. The van der Waals surface area contributed by atoms with E-state index in [1.54, 1.807) is 16.9 Å². The number of nitrogens with one attached hydrogen (secondary N) is 2. The van der Waals surface area contributed by atoms with Crippen molar-refractivity contribution >= 4 is 44.6 Å². The number of thiophene rings is 2. The van der Waals surface area contributed by atoms with Crippen molar-refractivity contribution in [2.75, 3.05) is 0 Å². The topological polar surface area (TPSA) is 78.4 Å². The highest BCUT2D eigenvalue weighted by Crippen LogP contribution is 2.26. The van der Waals surface area contributed by atoms with E-state index >= 15 is 0 Å². The van der Waals surface area contributed by atoms with Crippen molar-refractivity contribution in [3.05, 3.63) is 57.1 Å². The largest absolute Gasteiger partial charge is 0.345 e. The second-order valence-corrected chi connectivity index (χ2v) is 7.02. The molecule has 2 amide bonds. The number of carbonyl (C=O) groups is 2. The fourth-order valence-electron chi connectivity index (χ4n) is 2.20. The van der Waals surface area contributed by atoms with Crippen LogP contribution in [0.3, 0.4) is 0 Å². The maximum Gasteiger partial charge on any atom is 0.284 e. The maximum atomic E-state index is 12.4. The van der Waals surface area contributed by atoms with Gasteiger partial charge < -0.3 is 5.32 Å². The quantitative estimate of drug-likeness (QED) is 0.499.